The Morgan fingerprint density at radius 1 is 1.23 bits per heavy atom. The van der Waals surface area contributed by atoms with Crippen LogP contribution in [0, 0.1) is 0 Å². The number of rotatable bonds is 7. The van der Waals surface area contributed by atoms with Crippen LogP contribution in [0.2, 0.25) is 0 Å². The number of halogens is 2. The van der Waals surface area contributed by atoms with Gasteiger partial charge in [0.15, 0.2) is 5.16 Å². The Hall–Kier alpha value is -2.21. The van der Waals surface area contributed by atoms with Gasteiger partial charge in [-0.05, 0) is 35.7 Å². The summed E-state index contributed by atoms with van der Waals surface area (Å²) < 4.78 is 26.2. The second-order valence-corrected chi connectivity index (χ2v) is 10.1. The highest BCUT2D eigenvalue weighted by molar-refractivity contribution is 8.00. The van der Waals surface area contributed by atoms with Crippen molar-refractivity contribution >= 4 is 68.0 Å². The number of nitrogens with one attached hydrogen (secondary N) is 1. The number of anilines is 1. The van der Waals surface area contributed by atoms with E-state index in [0.717, 1.165) is 10.4 Å². The summed E-state index contributed by atoms with van der Waals surface area (Å²) in [5.74, 6) is -2.71. The molecule has 0 saturated heterocycles. The van der Waals surface area contributed by atoms with Crippen molar-refractivity contribution in [3.05, 3.63) is 57.5 Å². The summed E-state index contributed by atoms with van der Waals surface area (Å²) in [6.07, 6.45) is 0. The fourth-order valence-corrected chi connectivity index (χ4v) is 5.92. The van der Waals surface area contributed by atoms with Crippen LogP contribution >= 0.6 is 46.2 Å². The molecule has 4 aromatic rings. The average molecular weight is 496 g/mol. The van der Waals surface area contributed by atoms with E-state index >= 15 is 0 Å². The topological polar surface area (TPSA) is 64.0 Å². The first-order valence-corrected chi connectivity index (χ1v) is 12.5. The molecule has 11 heteroatoms. The van der Waals surface area contributed by atoms with E-state index in [9.17, 15) is 18.4 Å². The highest BCUT2D eigenvalue weighted by Crippen LogP contribution is 2.34. The molecule has 3 heterocycles. The summed E-state index contributed by atoms with van der Waals surface area (Å²) >= 11 is 4.59. The number of amides is 1. The maximum Gasteiger partial charge on any atom is 0.288 e. The van der Waals surface area contributed by atoms with Crippen LogP contribution in [0.15, 0.2) is 62.0 Å². The first kappa shape index (κ1) is 22.0. The molecule has 0 saturated carbocycles. The van der Waals surface area contributed by atoms with Crippen molar-refractivity contribution in [1.82, 2.24) is 9.55 Å². The molecular formula is C20H15F2N3O2S4. The van der Waals surface area contributed by atoms with Crippen LogP contribution in [-0.4, -0.2) is 27.0 Å². The minimum Gasteiger partial charge on any atom is -0.325 e. The Labute approximate surface area is 192 Å². The van der Waals surface area contributed by atoms with E-state index in [4.69, 9.17) is 0 Å². The third-order valence-electron chi connectivity index (χ3n) is 4.26. The molecule has 0 aliphatic carbocycles. The number of thiophene rings is 2. The SMILES string of the molecule is Cn1c(SCC(=O)Nc2ccc(SC(F)F)cc2)nc2scc(-c3cccs3)c2c1=O. The Morgan fingerprint density at radius 3 is 2.68 bits per heavy atom. The molecule has 0 aliphatic rings. The summed E-state index contributed by atoms with van der Waals surface area (Å²) in [7, 11) is 1.64. The van der Waals surface area contributed by atoms with Crippen LogP contribution in [0.3, 0.4) is 0 Å². The van der Waals surface area contributed by atoms with Crippen molar-refractivity contribution < 1.29 is 13.6 Å². The first-order valence-electron chi connectivity index (χ1n) is 8.92. The highest BCUT2D eigenvalue weighted by atomic mass is 32.2. The van der Waals surface area contributed by atoms with Crippen LogP contribution in [0.1, 0.15) is 0 Å². The summed E-state index contributed by atoms with van der Waals surface area (Å²) in [5.41, 5.74) is 1.25. The first-order chi connectivity index (χ1) is 14.9. The molecule has 5 nitrogen and oxygen atoms in total. The van der Waals surface area contributed by atoms with Gasteiger partial charge in [-0.2, -0.15) is 8.78 Å². The van der Waals surface area contributed by atoms with Crippen LogP contribution < -0.4 is 10.9 Å². The summed E-state index contributed by atoms with van der Waals surface area (Å²) in [5, 5.41) is 7.66. The van der Waals surface area contributed by atoms with Crippen LogP contribution in [0.25, 0.3) is 20.7 Å². The average Bonchev–Trinajstić information content (AvgIpc) is 3.40. The van der Waals surface area contributed by atoms with Gasteiger partial charge in [-0.1, -0.05) is 29.6 Å². The van der Waals surface area contributed by atoms with Crippen molar-refractivity contribution in [3.8, 4) is 10.4 Å². The molecule has 0 aliphatic heterocycles. The van der Waals surface area contributed by atoms with E-state index in [1.807, 2.05) is 22.9 Å². The van der Waals surface area contributed by atoms with Gasteiger partial charge >= 0.3 is 0 Å². The molecule has 1 amide bonds. The highest BCUT2D eigenvalue weighted by Gasteiger charge is 2.17. The number of aromatic nitrogens is 2. The number of alkyl halides is 2. The van der Waals surface area contributed by atoms with E-state index in [2.05, 4.69) is 10.3 Å². The van der Waals surface area contributed by atoms with Crippen molar-refractivity contribution in [3.63, 3.8) is 0 Å². The lowest BCUT2D eigenvalue weighted by molar-refractivity contribution is -0.113. The third kappa shape index (κ3) is 5.00. The fourth-order valence-electron chi connectivity index (χ4n) is 2.84. The number of hydrogen-bond acceptors (Lipinski definition) is 7. The molecule has 1 N–H and O–H groups in total. The van der Waals surface area contributed by atoms with Gasteiger partial charge < -0.3 is 5.32 Å². The van der Waals surface area contributed by atoms with Gasteiger partial charge in [0, 0.05) is 33.5 Å². The lowest BCUT2D eigenvalue weighted by atomic mass is 10.2. The van der Waals surface area contributed by atoms with Crippen LogP contribution in [0.4, 0.5) is 14.5 Å². The summed E-state index contributed by atoms with van der Waals surface area (Å²) in [6.45, 7) is 0. The predicted molar refractivity (Wildman–Crippen MR) is 126 cm³/mol. The predicted octanol–water partition coefficient (Wildman–Crippen LogP) is 5.77. The number of hydrogen-bond donors (Lipinski definition) is 1. The Kier molecular flexibility index (Phi) is 6.75. The van der Waals surface area contributed by atoms with Gasteiger partial charge in [-0.25, -0.2) is 4.98 Å². The maximum atomic E-state index is 12.9. The normalized spacial score (nSPS) is 11.4. The van der Waals surface area contributed by atoms with Crippen molar-refractivity contribution in [1.29, 1.82) is 0 Å². The molecule has 3 aromatic heterocycles. The molecule has 1 aromatic carbocycles. The second-order valence-electron chi connectivity index (χ2n) is 6.31. The van der Waals surface area contributed by atoms with Gasteiger partial charge in [0.05, 0.1) is 11.1 Å². The number of benzene rings is 1. The van der Waals surface area contributed by atoms with Crippen molar-refractivity contribution in [2.24, 2.45) is 7.05 Å². The van der Waals surface area contributed by atoms with Gasteiger partial charge in [0.25, 0.3) is 11.3 Å². The Balaban J connectivity index is 1.46. The van der Waals surface area contributed by atoms with E-state index in [-0.39, 0.29) is 17.2 Å². The minimum atomic E-state index is -2.49. The quantitative estimate of drug-likeness (QED) is 0.261. The van der Waals surface area contributed by atoms with Gasteiger partial charge in [-0.15, -0.1) is 22.7 Å². The number of thioether (sulfide) groups is 2. The number of carbonyl (C=O) groups excluding carboxylic acids is 1. The Morgan fingerprint density at radius 2 is 2.00 bits per heavy atom. The fraction of sp³-hybridized carbons (Fsp3) is 0.150. The minimum absolute atomic E-state index is 0.0580. The monoisotopic (exact) mass is 495 g/mol. The zero-order chi connectivity index (χ0) is 22.0. The molecule has 0 spiro atoms. The molecule has 0 fully saturated rings. The zero-order valence-electron chi connectivity index (χ0n) is 16.0. The number of nitrogens with zero attached hydrogens (tertiary/aromatic N) is 2. The molecule has 0 unspecified atom stereocenters. The van der Waals surface area contributed by atoms with E-state index in [0.29, 0.717) is 37.7 Å². The Bertz CT molecular complexity index is 1270. The van der Waals surface area contributed by atoms with E-state index < -0.39 is 5.76 Å². The zero-order valence-corrected chi connectivity index (χ0v) is 19.3. The summed E-state index contributed by atoms with van der Waals surface area (Å²) in [6, 6.07) is 10.1. The van der Waals surface area contributed by atoms with Crippen molar-refractivity contribution in [2.75, 3.05) is 11.1 Å². The lowest BCUT2D eigenvalue weighted by Crippen LogP contribution is -2.21. The molecule has 0 radical (unpaired) electrons. The molecule has 0 bridgehead atoms. The molecule has 31 heavy (non-hydrogen) atoms. The largest absolute Gasteiger partial charge is 0.325 e. The number of fused-ring (bicyclic) bond motifs is 1. The maximum absolute atomic E-state index is 12.9. The van der Waals surface area contributed by atoms with E-state index in [1.54, 1.807) is 30.5 Å². The molecule has 160 valence electrons. The molecule has 4 rings (SSSR count). The molecule has 0 atom stereocenters. The number of carbonyl (C=O) groups is 1. The van der Waals surface area contributed by atoms with Crippen molar-refractivity contribution in [2.45, 2.75) is 15.8 Å². The van der Waals surface area contributed by atoms with Gasteiger partial charge in [0.1, 0.15) is 4.83 Å². The van der Waals surface area contributed by atoms with E-state index in [1.165, 1.54) is 39.8 Å². The van der Waals surface area contributed by atoms with Gasteiger partial charge in [0.2, 0.25) is 5.91 Å². The third-order valence-corrected chi connectivity index (χ3v) is 7.78. The lowest BCUT2D eigenvalue weighted by Gasteiger charge is -2.09. The van der Waals surface area contributed by atoms with Crippen LogP contribution in [0.5, 0.6) is 0 Å². The standard InChI is InChI=1S/C20H15F2N3O2S4/c1-25-18(27)16-13(14-3-2-8-28-14)9-29-17(16)24-20(25)30-10-15(26)23-11-4-6-12(7-5-11)31-19(21)22/h2-9,19H,10H2,1H3,(H,23,26). The molecular weight excluding hydrogens is 481 g/mol. The smallest absolute Gasteiger partial charge is 0.288 e. The second kappa shape index (κ2) is 9.51. The summed E-state index contributed by atoms with van der Waals surface area (Å²) in [4.78, 5) is 31.9. The van der Waals surface area contributed by atoms with Gasteiger partial charge in [-0.3, -0.25) is 14.2 Å². The van der Waals surface area contributed by atoms with Crippen LogP contribution in [-0.2, 0) is 11.8 Å².